The lowest BCUT2D eigenvalue weighted by Crippen LogP contribution is -2.33. The van der Waals surface area contributed by atoms with Gasteiger partial charge in [-0.3, -0.25) is 4.90 Å². The first-order chi connectivity index (χ1) is 9.24. The summed E-state index contributed by atoms with van der Waals surface area (Å²) in [6, 6.07) is 13.1. The van der Waals surface area contributed by atoms with Gasteiger partial charge in [0.2, 0.25) is 0 Å². The second-order valence-electron chi connectivity index (χ2n) is 5.74. The minimum absolute atomic E-state index is 0.840. The Labute approximate surface area is 123 Å². The molecular weight excluding hydrogens is 298 g/mol. The lowest BCUT2D eigenvalue weighted by atomic mass is 9.98. The van der Waals surface area contributed by atoms with Gasteiger partial charge in [0.1, 0.15) is 0 Å². The van der Waals surface area contributed by atoms with Crippen LogP contribution in [0, 0.1) is 5.92 Å². The van der Waals surface area contributed by atoms with Crippen molar-refractivity contribution < 1.29 is 0 Å². The minimum Gasteiger partial charge on any atom is -0.299 e. The molecule has 1 aliphatic rings. The number of benzene rings is 2. The third kappa shape index (κ3) is 2.85. The highest BCUT2D eigenvalue weighted by atomic mass is 79.9. The van der Waals surface area contributed by atoms with Crippen molar-refractivity contribution in [2.45, 2.75) is 26.3 Å². The summed E-state index contributed by atoms with van der Waals surface area (Å²) in [4.78, 5) is 2.60. The van der Waals surface area contributed by atoms with Crippen LogP contribution >= 0.6 is 15.9 Å². The number of halogens is 1. The fraction of sp³-hybridized carbons (Fsp3) is 0.412. The van der Waals surface area contributed by atoms with Crippen molar-refractivity contribution in [3.05, 3.63) is 46.4 Å². The summed E-state index contributed by atoms with van der Waals surface area (Å²) in [6.07, 6.45) is 2.73. The van der Waals surface area contributed by atoms with Gasteiger partial charge in [-0.2, -0.15) is 0 Å². The maximum atomic E-state index is 3.71. The first-order valence-corrected chi connectivity index (χ1v) is 7.92. The zero-order valence-corrected chi connectivity index (χ0v) is 13.0. The molecule has 0 N–H and O–H groups in total. The monoisotopic (exact) mass is 317 g/mol. The van der Waals surface area contributed by atoms with Gasteiger partial charge >= 0.3 is 0 Å². The van der Waals surface area contributed by atoms with Crippen LogP contribution in [0.15, 0.2) is 40.9 Å². The van der Waals surface area contributed by atoms with E-state index in [0.717, 1.165) is 12.5 Å². The van der Waals surface area contributed by atoms with Gasteiger partial charge in [0.05, 0.1) is 0 Å². The van der Waals surface area contributed by atoms with E-state index in [1.807, 2.05) is 0 Å². The topological polar surface area (TPSA) is 3.24 Å². The van der Waals surface area contributed by atoms with E-state index in [4.69, 9.17) is 0 Å². The molecule has 0 spiro atoms. The molecule has 1 saturated heterocycles. The average molecular weight is 318 g/mol. The van der Waals surface area contributed by atoms with Gasteiger partial charge in [0.15, 0.2) is 0 Å². The SMILES string of the molecule is CC1CCCN(Cc2cccc3cccc(Br)c23)C1. The predicted octanol–water partition coefficient (Wildman–Crippen LogP) is 4.83. The molecule has 0 amide bonds. The highest BCUT2D eigenvalue weighted by molar-refractivity contribution is 9.10. The van der Waals surface area contributed by atoms with E-state index >= 15 is 0 Å². The molecule has 0 aromatic heterocycles. The normalized spacial score (nSPS) is 20.8. The van der Waals surface area contributed by atoms with Crippen LogP contribution in [0.5, 0.6) is 0 Å². The molecule has 2 heteroatoms. The second kappa shape index (κ2) is 5.64. The van der Waals surface area contributed by atoms with Crippen molar-refractivity contribution in [3.8, 4) is 0 Å². The summed E-state index contributed by atoms with van der Waals surface area (Å²) in [5, 5.41) is 2.71. The van der Waals surface area contributed by atoms with Crippen LogP contribution in [-0.2, 0) is 6.54 Å². The van der Waals surface area contributed by atoms with Crippen molar-refractivity contribution >= 4 is 26.7 Å². The summed E-state index contributed by atoms with van der Waals surface area (Å²) in [5.74, 6) is 0.840. The molecule has 1 heterocycles. The average Bonchev–Trinajstić information content (AvgIpc) is 2.39. The fourth-order valence-electron chi connectivity index (χ4n) is 3.17. The Hall–Kier alpha value is -0.860. The zero-order chi connectivity index (χ0) is 13.2. The summed E-state index contributed by atoms with van der Waals surface area (Å²) in [5.41, 5.74) is 1.44. The summed E-state index contributed by atoms with van der Waals surface area (Å²) in [7, 11) is 0. The van der Waals surface area contributed by atoms with Crippen LogP contribution in [-0.4, -0.2) is 18.0 Å². The Kier molecular flexibility index (Phi) is 3.90. The highest BCUT2D eigenvalue weighted by Gasteiger charge is 2.17. The van der Waals surface area contributed by atoms with Gasteiger partial charge in [-0.15, -0.1) is 0 Å². The molecule has 1 atom stereocenters. The Bertz CT molecular complexity index is 573. The summed E-state index contributed by atoms with van der Waals surface area (Å²) in [6.45, 7) is 5.92. The van der Waals surface area contributed by atoms with Gasteiger partial charge in [-0.1, -0.05) is 53.2 Å². The molecule has 0 bridgehead atoms. The van der Waals surface area contributed by atoms with Gasteiger partial charge in [-0.05, 0) is 42.3 Å². The lowest BCUT2D eigenvalue weighted by molar-refractivity contribution is 0.177. The molecule has 2 aromatic rings. The molecule has 2 aromatic carbocycles. The van der Waals surface area contributed by atoms with Gasteiger partial charge < -0.3 is 0 Å². The third-order valence-corrected chi connectivity index (χ3v) is 4.74. The van der Waals surface area contributed by atoms with E-state index < -0.39 is 0 Å². The molecule has 19 heavy (non-hydrogen) atoms. The molecular formula is C17H20BrN. The molecule has 100 valence electrons. The van der Waals surface area contributed by atoms with E-state index in [1.54, 1.807) is 0 Å². The van der Waals surface area contributed by atoms with Gasteiger partial charge in [0.25, 0.3) is 0 Å². The molecule has 1 fully saturated rings. The second-order valence-corrected chi connectivity index (χ2v) is 6.59. The Morgan fingerprint density at radius 2 is 2.00 bits per heavy atom. The number of hydrogen-bond donors (Lipinski definition) is 0. The lowest BCUT2D eigenvalue weighted by Gasteiger charge is -2.31. The highest BCUT2D eigenvalue weighted by Crippen LogP contribution is 2.29. The van der Waals surface area contributed by atoms with Crippen LogP contribution in [0.2, 0.25) is 0 Å². The molecule has 0 aliphatic carbocycles. The number of piperidine rings is 1. The van der Waals surface area contributed by atoms with Crippen molar-refractivity contribution in [3.63, 3.8) is 0 Å². The first-order valence-electron chi connectivity index (χ1n) is 7.12. The molecule has 0 radical (unpaired) electrons. The van der Waals surface area contributed by atoms with Crippen molar-refractivity contribution in [1.29, 1.82) is 0 Å². The number of likely N-dealkylation sites (tertiary alicyclic amines) is 1. The maximum absolute atomic E-state index is 3.71. The predicted molar refractivity (Wildman–Crippen MR) is 85.3 cm³/mol. The minimum atomic E-state index is 0.840. The number of fused-ring (bicyclic) bond motifs is 1. The number of hydrogen-bond acceptors (Lipinski definition) is 1. The van der Waals surface area contributed by atoms with E-state index in [2.05, 4.69) is 64.2 Å². The molecule has 1 nitrogen and oxygen atoms in total. The Balaban J connectivity index is 1.92. The van der Waals surface area contributed by atoms with Gasteiger partial charge in [-0.25, -0.2) is 0 Å². The van der Waals surface area contributed by atoms with Crippen LogP contribution in [0.25, 0.3) is 10.8 Å². The standard InChI is InChI=1S/C17H20BrN/c1-13-5-4-10-19(11-13)12-15-8-2-6-14-7-3-9-16(18)17(14)15/h2-3,6-9,13H,4-5,10-12H2,1H3. The zero-order valence-electron chi connectivity index (χ0n) is 11.4. The quantitative estimate of drug-likeness (QED) is 0.766. The van der Waals surface area contributed by atoms with Crippen molar-refractivity contribution in [1.82, 2.24) is 4.90 Å². The molecule has 1 aliphatic heterocycles. The molecule has 1 unspecified atom stereocenters. The third-order valence-electron chi connectivity index (χ3n) is 4.08. The molecule has 3 rings (SSSR count). The summed E-state index contributed by atoms with van der Waals surface area (Å²) >= 11 is 3.71. The first kappa shape index (κ1) is 13.1. The van der Waals surface area contributed by atoms with Crippen molar-refractivity contribution in [2.75, 3.05) is 13.1 Å². The number of rotatable bonds is 2. The van der Waals surface area contributed by atoms with Crippen LogP contribution in [0.1, 0.15) is 25.3 Å². The molecule has 0 saturated carbocycles. The van der Waals surface area contributed by atoms with E-state index in [-0.39, 0.29) is 0 Å². The maximum Gasteiger partial charge on any atom is 0.0256 e. The van der Waals surface area contributed by atoms with Crippen LogP contribution in [0.4, 0.5) is 0 Å². The smallest absolute Gasteiger partial charge is 0.0256 e. The van der Waals surface area contributed by atoms with Crippen LogP contribution < -0.4 is 0 Å². The van der Waals surface area contributed by atoms with E-state index in [0.29, 0.717) is 0 Å². The fourth-order valence-corrected chi connectivity index (χ4v) is 3.81. The number of nitrogens with zero attached hydrogens (tertiary/aromatic N) is 1. The Morgan fingerprint density at radius 1 is 1.21 bits per heavy atom. The van der Waals surface area contributed by atoms with Crippen LogP contribution in [0.3, 0.4) is 0 Å². The largest absolute Gasteiger partial charge is 0.299 e. The van der Waals surface area contributed by atoms with Gasteiger partial charge in [0, 0.05) is 22.9 Å². The Morgan fingerprint density at radius 3 is 2.79 bits per heavy atom. The van der Waals surface area contributed by atoms with E-state index in [1.165, 1.54) is 46.7 Å². The van der Waals surface area contributed by atoms with Crippen molar-refractivity contribution in [2.24, 2.45) is 5.92 Å². The summed E-state index contributed by atoms with van der Waals surface area (Å²) < 4.78 is 1.21. The van der Waals surface area contributed by atoms with E-state index in [9.17, 15) is 0 Å².